The van der Waals surface area contributed by atoms with Gasteiger partial charge in [0.25, 0.3) is 0 Å². The van der Waals surface area contributed by atoms with Crippen molar-refractivity contribution in [1.29, 1.82) is 0 Å². The fourth-order valence-corrected chi connectivity index (χ4v) is 1.66. The van der Waals surface area contributed by atoms with Crippen LogP contribution in [0.25, 0.3) is 0 Å². The molecule has 0 aliphatic heterocycles. The van der Waals surface area contributed by atoms with Gasteiger partial charge in [0.1, 0.15) is 6.04 Å². The van der Waals surface area contributed by atoms with Crippen LogP contribution in [0.1, 0.15) is 46.0 Å². The molecule has 0 radical (unpaired) electrons. The Bertz CT molecular complexity index is 299. The normalized spacial score (nSPS) is 12.2. The largest absolute Gasteiger partial charge is 0.481 e. The molecule has 6 heteroatoms. The summed E-state index contributed by atoms with van der Waals surface area (Å²) in [4.78, 5) is 33.0. The molecule has 0 bridgehead atoms. The Hall–Kier alpha value is -1.59. The van der Waals surface area contributed by atoms with Crippen LogP contribution in [-0.2, 0) is 14.4 Å². The van der Waals surface area contributed by atoms with Crippen LogP contribution in [0.3, 0.4) is 0 Å². The van der Waals surface area contributed by atoms with E-state index in [-0.39, 0.29) is 31.1 Å². The van der Waals surface area contributed by atoms with Gasteiger partial charge in [-0.3, -0.25) is 9.59 Å². The number of carboxylic acid groups (broad SMARTS) is 2. The van der Waals surface area contributed by atoms with E-state index in [2.05, 4.69) is 5.32 Å². The molecule has 0 unspecified atom stereocenters. The third-order valence-electron chi connectivity index (χ3n) is 2.85. The first-order chi connectivity index (χ1) is 8.42. The van der Waals surface area contributed by atoms with Crippen molar-refractivity contribution in [2.24, 2.45) is 5.92 Å². The first kappa shape index (κ1) is 16.4. The molecule has 0 aromatic heterocycles. The topological polar surface area (TPSA) is 104 Å². The molecule has 104 valence electrons. The summed E-state index contributed by atoms with van der Waals surface area (Å²) in [6.45, 7) is 3.74. The highest BCUT2D eigenvalue weighted by molar-refractivity contribution is 5.84. The molecule has 0 spiro atoms. The third-order valence-corrected chi connectivity index (χ3v) is 2.85. The molecule has 0 heterocycles. The lowest BCUT2D eigenvalue weighted by molar-refractivity contribution is -0.143. The van der Waals surface area contributed by atoms with Gasteiger partial charge in [-0.25, -0.2) is 4.79 Å². The van der Waals surface area contributed by atoms with E-state index in [1.54, 1.807) is 0 Å². The third kappa shape index (κ3) is 6.22. The Morgan fingerprint density at radius 1 is 1.11 bits per heavy atom. The van der Waals surface area contributed by atoms with Crippen LogP contribution in [-0.4, -0.2) is 34.1 Å². The molecule has 0 aliphatic carbocycles. The minimum atomic E-state index is -1.13. The Kier molecular flexibility index (Phi) is 7.74. The molecule has 0 aromatic rings. The summed E-state index contributed by atoms with van der Waals surface area (Å²) in [6, 6.07) is -1.00. The van der Waals surface area contributed by atoms with E-state index >= 15 is 0 Å². The fourth-order valence-electron chi connectivity index (χ4n) is 1.66. The Morgan fingerprint density at radius 2 is 1.67 bits per heavy atom. The van der Waals surface area contributed by atoms with Crippen LogP contribution in [0.15, 0.2) is 0 Å². The standard InChI is InChI=1S/C12H21NO5/c1-3-8(4-2)11(16)13-9(12(17)18)6-5-7-10(14)15/h8-9H,3-7H2,1-2H3,(H,13,16)(H,14,15)(H,17,18)/t9-/m1/s1. The van der Waals surface area contributed by atoms with Crippen LogP contribution in [0.4, 0.5) is 0 Å². The molecule has 1 amide bonds. The van der Waals surface area contributed by atoms with Crippen molar-refractivity contribution in [2.75, 3.05) is 0 Å². The quantitative estimate of drug-likeness (QED) is 0.578. The van der Waals surface area contributed by atoms with Gasteiger partial charge in [-0.15, -0.1) is 0 Å². The molecule has 1 atom stereocenters. The molecule has 0 aromatic carbocycles. The highest BCUT2D eigenvalue weighted by Gasteiger charge is 2.23. The minimum Gasteiger partial charge on any atom is -0.481 e. The van der Waals surface area contributed by atoms with E-state index < -0.39 is 18.0 Å². The Morgan fingerprint density at radius 3 is 2.06 bits per heavy atom. The molecule has 0 fully saturated rings. The molecule has 3 N–H and O–H groups in total. The van der Waals surface area contributed by atoms with E-state index in [4.69, 9.17) is 10.2 Å². The Balaban J connectivity index is 4.30. The van der Waals surface area contributed by atoms with Crippen molar-refractivity contribution in [2.45, 2.75) is 52.0 Å². The molecule has 18 heavy (non-hydrogen) atoms. The first-order valence-corrected chi connectivity index (χ1v) is 6.17. The number of carbonyl (C=O) groups is 3. The maximum Gasteiger partial charge on any atom is 0.326 e. The lowest BCUT2D eigenvalue weighted by atomic mass is 10.0. The van der Waals surface area contributed by atoms with Crippen molar-refractivity contribution in [3.8, 4) is 0 Å². The second kappa shape index (κ2) is 8.49. The van der Waals surface area contributed by atoms with Gasteiger partial charge in [0.05, 0.1) is 0 Å². The van der Waals surface area contributed by atoms with Crippen LogP contribution < -0.4 is 5.32 Å². The second-order valence-corrected chi connectivity index (χ2v) is 4.20. The van der Waals surface area contributed by atoms with Crippen molar-refractivity contribution in [3.05, 3.63) is 0 Å². The van der Waals surface area contributed by atoms with E-state index in [9.17, 15) is 14.4 Å². The van der Waals surface area contributed by atoms with Crippen molar-refractivity contribution < 1.29 is 24.6 Å². The van der Waals surface area contributed by atoms with Gasteiger partial charge < -0.3 is 15.5 Å². The molecule has 0 rings (SSSR count). The highest BCUT2D eigenvalue weighted by atomic mass is 16.4. The highest BCUT2D eigenvalue weighted by Crippen LogP contribution is 2.09. The summed E-state index contributed by atoms with van der Waals surface area (Å²) < 4.78 is 0. The zero-order chi connectivity index (χ0) is 14.1. The van der Waals surface area contributed by atoms with Gasteiger partial charge in [-0.2, -0.15) is 0 Å². The number of aliphatic carboxylic acids is 2. The van der Waals surface area contributed by atoms with Gasteiger partial charge in [-0.1, -0.05) is 13.8 Å². The zero-order valence-electron chi connectivity index (χ0n) is 10.8. The first-order valence-electron chi connectivity index (χ1n) is 6.17. The smallest absolute Gasteiger partial charge is 0.326 e. The molecular formula is C12H21NO5. The minimum absolute atomic E-state index is 0.0926. The SMILES string of the molecule is CCC(CC)C(=O)N[C@H](CCCC(=O)O)C(=O)O. The summed E-state index contributed by atoms with van der Waals surface area (Å²) in [6.07, 6.45) is 1.58. The summed E-state index contributed by atoms with van der Waals surface area (Å²) in [5.74, 6) is -2.56. The average molecular weight is 259 g/mol. The van der Waals surface area contributed by atoms with Crippen LogP contribution >= 0.6 is 0 Å². The van der Waals surface area contributed by atoms with E-state index in [1.165, 1.54) is 0 Å². The van der Waals surface area contributed by atoms with Gasteiger partial charge in [-0.05, 0) is 25.7 Å². The number of amides is 1. The summed E-state index contributed by atoms with van der Waals surface area (Å²) in [5, 5.41) is 19.9. The van der Waals surface area contributed by atoms with Crippen molar-refractivity contribution in [1.82, 2.24) is 5.32 Å². The molecule has 0 saturated carbocycles. The number of carboxylic acids is 2. The maximum atomic E-state index is 11.7. The van der Waals surface area contributed by atoms with Crippen LogP contribution in [0, 0.1) is 5.92 Å². The number of rotatable bonds is 9. The zero-order valence-corrected chi connectivity index (χ0v) is 10.8. The molecule has 6 nitrogen and oxygen atoms in total. The van der Waals surface area contributed by atoms with Crippen molar-refractivity contribution >= 4 is 17.8 Å². The van der Waals surface area contributed by atoms with E-state index in [0.717, 1.165) is 0 Å². The van der Waals surface area contributed by atoms with Gasteiger partial charge >= 0.3 is 11.9 Å². The van der Waals surface area contributed by atoms with E-state index in [1.807, 2.05) is 13.8 Å². The lowest BCUT2D eigenvalue weighted by Crippen LogP contribution is -2.43. The van der Waals surface area contributed by atoms with Gasteiger partial charge in [0, 0.05) is 12.3 Å². The molecular weight excluding hydrogens is 238 g/mol. The monoisotopic (exact) mass is 259 g/mol. The number of carbonyl (C=O) groups excluding carboxylic acids is 1. The Labute approximate surface area is 106 Å². The van der Waals surface area contributed by atoms with Crippen molar-refractivity contribution in [3.63, 3.8) is 0 Å². The van der Waals surface area contributed by atoms with Gasteiger partial charge in [0.2, 0.25) is 5.91 Å². The molecule has 0 saturated heterocycles. The summed E-state index contributed by atoms with van der Waals surface area (Å²) in [5.41, 5.74) is 0. The number of nitrogens with one attached hydrogen (secondary N) is 1. The summed E-state index contributed by atoms with van der Waals surface area (Å²) in [7, 11) is 0. The van der Waals surface area contributed by atoms with Crippen LogP contribution in [0.5, 0.6) is 0 Å². The predicted molar refractivity (Wildman–Crippen MR) is 65.1 cm³/mol. The van der Waals surface area contributed by atoms with Gasteiger partial charge in [0.15, 0.2) is 0 Å². The van der Waals surface area contributed by atoms with E-state index in [0.29, 0.717) is 12.8 Å². The maximum absolute atomic E-state index is 11.7. The number of hydrogen-bond donors (Lipinski definition) is 3. The molecule has 0 aliphatic rings. The average Bonchev–Trinajstić information content (AvgIpc) is 2.28. The lowest BCUT2D eigenvalue weighted by Gasteiger charge is -2.18. The second-order valence-electron chi connectivity index (χ2n) is 4.20. The predicted octanol–water partition coefficient (Wildman–Crippen LogP) is 1.25. The summed E-state index contributed by atoms with van der Waals surface area (Å²) >= 11 is 0. The fraction of sp³-hybridized carbons (Fsp3) is 0.750. The number of hydrogen-bond acceptors (Lipinski definition) is 3. The van der Waals surface area contributed by atoms with Crippen LogP contribution in [0.2, 0.25) is 0 Å².